The van der Waals surface area contributed by atoms with Crippen LogP contribution in [0.5, 0.6) is 0 Å². The van der Waals surface area contributed by atoms with E-state index in [0.717, 1.165) is 75.1 Å². The van der Waals surface area contributed by atoms with Crippen LogP contribution in [-0.2, 0) is 23.0 Å². The Morgan fingerprint density at radius 3 is 2.25 bits per heavy atom. The van der Waals surface area contributed by atoms with Crippen LogP contribution in [0.1, 0.15) is 24.1 Å². The van der Waals surface area contributed by atoms with Gasteiger partial charge in [0, 0.05) is 69.4 Å². The Morgan fingerprint density at radius 1 is 0.875 bits per heavy atom. The van der Waals surface area contributed by atoms with Crippen molar-refractivity contribution in [2.45, 2.75) is 30.7 Å². The predicted molar refractivity (Wildman–Crippen MR) is 126 cm³/mol. The molecule has 8 nitrogen and oxygen atoms in total. The largest absolute Gasteiger partial charge is 0.354 e. The Morgan fingerprint density at radius 2 is 1.56 bits per heavy atom. The monoisotopic (exact) mass is 476 g/mol. The van der Waals surface area contributed by atoms with Gasteiger partial charge in [-0.1, -0.05) is 11.6 Å². The number of aromatic nitrogens is 2. The van der Waals surface area contributed by atoms with Crippen LogP contribution in [0.4, 0.5) is 11.8 Å². The van der Waals surface area contributed by atoms with Crippen molar-refractivity contribution >= 4 is 33.4 Å². The summed E-state index contributed by atoms with van der Waals surface area (Å²) in [5.41, 5.74) is 1.93. The summed E-state index contributed by atoms with van der Waals surface area (Å²) in [4.78, 5) is 17.0. The van der Waals surface area contributed by atoms with Crippen molar-refractivity contribution in [1.29, 1.82) is 0 Å². The molecule has 2 fully saturated rings. The molecule has 2 saturated heterocycles. The second-order valence-electron chi connectivity index (χ2n) is 8.80. The topological polar surface area (TPSA) is 72.9 Å². The second-order valence-corrected chi connectivity index (χ2v) is 11.2. The number of sulfonamides is 1. The molecule has 0 atom stereocenters. The fraction of sp³-hybridized carbons (Fsp3) is 0.545. The third-order valence-electron chi connectivity index (χ3n) is 6.63. The van der Waals surface area contributed by atoms with Gasteiger partial charge in [0.25, 0.3) is 0 Å². The maximum Gasteiger partial charge on any atom is 0.243 e. The Kier molecular flexibility index (Phi) is 6.00. The van der Waals surface area contributed by atoms with Gasteiger partial charge in [-0.2, -0.15) is 9.29 Å². The zero-order valence-corrected chi connectivity index (χ0v) is 19.9. The Bertz CT molecular complexity index is 1080. The number of piperazine rings is 1. The molecule has 3 aliphatic rings. The molecule has 3 aliphatic heterocycles. The van der Waals surface area contributed by atoms with Crippen LogP contribution in [0.15, 0.2) is 29.2 Å². The molecule has 0 bridgehead atoms. The summed E-state index contributed by atoms with van der Waals surface area (Å²) < 4.78 is 28.2. The van der Waals surface area contributed by atoms with Gasteiger partial charge < -0.3 is 14.7 Å². The van der Waals surface area contributed by atoms with Crippen molar-refractivity contribution < 1.29 is 8.42 Å². The van der Waals surface area contributed by atoms with E-state index in [-0.39, 0.29) is 4.90 Å². The highest BCUT2D eigenvalue weighted by Gasteiger charge is 2.33. The number of anilines is 2. The average molecular weight is 477 g/mol. The first-order valence-corrected chi connectivity index (χ1v) is 13.1. The lowest BCUT2D eigenvalue weighted by molar-refractivity contribution is 0.310. The number of fused-ring (bicyclic) bond motifs is 1. The van der Waals surface area contributed by atoms with Crippen molar-refractivity contribution in [2.24, 2.45) is 0 Å². The standard InChI is InChI=1S/C22H29ClN6O2S/c1-26-12-14-27(15-13-26)21-19-16-29(32(30,31)18-6-4-17(23)5-7-18)11-8-20(19)24-22(25-21)28-9-2-3-10-28/h4-7H,2-3,8-16H2,1H3. The molecule has 10 heteroatoms. The lowest BCUT2D eigenvalue weighted by Gasteiger charge is -2.37. The van der Waals surface area contributed by atoms with Crippen molar-refractivity contribution in [3.63, 3.8) is 0 Å². The van der Waals surface area contributed by atoms with Crippen molar-refractivity contribution in [3.05, 3.63) is 40.5 Å². The first-order valence-electron chi connectivity index (χ1n) is 11.3. The molecule has 5 rings (SSSR count). The van der Waals surface area contributed by atoms with Gasteiger partial charge in [-0.3, -0.25) is 0 Å². The smallest absolute Gasteiger partial charge is 0.243 e. The maximum absolute atomic E-state index is 13.3. The van der Waals surface area contributed by atoms with Crippen LogP contribution >= 0.6 is 11.6 Å². The van der Waals surface area contributed by atoms with Gasteiger partial charge >= 0.3 is 0 Å². The Balaban J connectivity index is 1.50. The molecule has 172 valence electrons. The van der Waals surface area contributed by atoms with E-state index in [0.29, 0.717) is 24.5 Å². The summed E-state index contributed by atoms with van der Waals surface area (Å²) in [5, 5.41) is 0.521. The summed E-state index contributed by atoms with van der Waals surface area (Å²) in [6.07, 6.45) is 2.92. The fourth-order valence-electron chi connectivity index (χ4n) is 4.66. The predicted octanol–water partition coefficient (Wildman–Crippen LogP) is 2.23. The van der Waals surface area contributed by atoms with Gasteiger partial charge in [0.05, 0.1) is 10.6 Å². The minimum absolute atomic E-state index is 0.265. The first kappa shape index (κ1) is 21.9. The lowest BCUT2D eigenvalue weighted by Crippen LogP contribution is -2.46. The third kappa shape index (κ3) is 4.19. The molecule has 2 aromatic rings. The van der Waals surface area contributed by atoms with Crippen molar-refractivity contribution in [2.75, 3.05) is 62.7 Å². The summed E-state index contributed by atoms with van der Waals surface area (Å²) in [6.45, 7) is 6.36. The third-order valence-corrected chi connectivity index (χ3v) is 8.75. The zero-order valence-electron chi connectivity index (χ0n) is 18.4. The minimum atomic E-state index is -3.62. The van der Waals surface area contributed by atoms with E-state index in [9.17, 15) is 8.42 Å². The molecule has 0 radical (unpaired) electrons. The van der Waals surface area contributed by atoms with E-state index < -0.39 is 10.0 Å². The van der Waals surface area contributed by atoms with Gasteiger partial charge in [-0.05, 0) is 44.2 Å². The molecule has 0 aliphatic carbocycles. The van der Waals surface area contributed by atoms with Gasteiger partial charge in [-0.15, -0.1) is 0 Å². The van der Waals surface area contributed by atoms with Crippen LogP contribution < -0.4 is 9.80 Å². The number of nitrogens with zero attached hydrogens (tertiary/aromatic N) is 6. The average Bonchev–Trinajstić information content (AvgIpc) is 3.34. The quantitative estimate of drug-likeness (QED) is 0.670. The van der Waals surface area contributed by atoms with Crippen LogP contribution in [0.2, 0.25) is 5.02 Å². The normalized spacial score (nSPS) is 20.6. The molecule has 4 heterocycles. The number of rotatable bonds is 4. The Labute approximate surface area is 194 Å². The number of halogens is 1. The molecular weight excluding hydrogens is 448 g/mol. The molecule has 0 unspecified atom stereocenters. The molecule has 32 heavy (non-hydrogen) atoms. The van der Waals surface area contributed by atoms with Gasteiger partial charge in [-0.25, -0.2) is 13.4 Å². The van der Waals surface area contributed by atoms with E-state index in [1.54, 1.807) is 28.6 Å². The zero-order chi connectivity index (χ0) is 22.3. The van der Waals surface area contributed by atoms with E-state index in [1.165, 1.54) is 0 Å². The van der Waals surface area contributed by atoms with Gasteiger partial charge in [0.1, 0.15) is 5.82 Å². The van der Waals surface area contributed by atoms with E-state index in [2.05, 4.69) is 21.7 Å². The van der Waals surface area contributed by atoms with Gasteiger partial charge in [0.15, 0.2) is 0 Å². The highest BCUT2D eigenvalue weighted by atomic mass is 35.5. The number of benzene rings is 1. The van der Waals surface area contributed by atoms with Crippen LogP contribution in [-0.4, -0.2) is 80.5 Å². The highest BCUT2D eigenvalue weighted by Crippen LogP contribution is 2.33. The van der Waals surface area contributed by atoms with E-state index >= 15 is 0 Å². The minimum Gasteiger partial charge on any atom is -0.354 e. The summed E-state index contributed by atoms with van der Waals surface area (Å²) in [5.74, 6) is 1.70. The second kappa shape index (κ2) is 8.78. The number of hydrogen-bond acceptors (Lipinski definition) is 7. The molecule has 0 saturated carbocycles. The van der Waals surface area contributed by atoms with Crippen molar-refractivity contribution in [1.82, 2.24) is 19.2 Å². The molecule has 1 aromatic heterocycles. The summed E-state index contributed by atoms with van der Waals surface area (Å²) in [6, 6.07) is 6.38. The first-order chi connectivity index (χ1) is 15.4. The SMILES string of the molecule is CN1CCN(c2nc(N3CCCC3)nc3c2CN(S(=O)(=O)c2ccc(Cl)cc2)CC3)CC1. The van der Waals surface area contributed by atoms with Crippen LogP contribution in [0.25, 0.3) is 0 Å². The molecule has 0 spiro atoms. The summed E-state index contributed by atoms with van der Waals surface area (Å²) >= 11 is 5.96. The van der Waals surface area contributed by atoms with E-state index in [4.69, 9.17) is 21.6 Å². The maximum atomic E-state index is 13.3. The lowest BCUT2D eigenvalue weighted by atomic mass is 10.1. The van der Waals surface area contributed by atoms with Crippen molar-refractivity contribution in [3.8, 4) is 0 Å². The molecule has 1 aromatic carbocycles. The van der Waals surface area contributed by atoms with Crippen LogP contribution in [0, 0.1) is 0 Å². The summed E-state index contributed by atoms with van der Waals surface area (Å²) in [7, 11) is -1.49. The van der Waals surface area contributed by atoms with Gasteiger partial charge in [0.2, 0.25) is 16.0 Å². The van der Waals surface area contributed by atoms with E-state index in [1.807, 2.05) is 0 Å². The van der Waals surface area contributed by atoms with Crippen LogP contribution in [0.3, 0.4) is 0 Å². The number of likely N-dealkylation sites (N-methyl/N-ethyl adjacent to an activating group) is 1. The Hall–Kier alpha value is -1.94. The number of hydrogen-bond donors (Lipinski definition) is 0. The fourth-order valence-corrected chi connectivity index (χ4v) is 6.19. The molecular formula is C22H29ClN6O2S. The molecule has 0 N–H and O–H groups in total. The highest BCUT2D eigenvalue weighted by molar-refractivity contribution is 7.89. The molecule has 0 amide bonds.